The minimum Gasteiger partial charge on any atom is -0.258 e. The third kappa shape index (κ3) is 3.88. The monoisotopic (exact) mass is 334 g/mol. The Kier molecular flexibility index (Phi) is 4.33. The molecule has 0 aliphatic heterocycles. The van der Waals surface area contributed by atoms with Gasteiger partial charge in [-0.1, -0.05) is 0 Å². The van der Waals surface area contributed by atoms with E-state index in [-0.39, 0.29) is 12.1 Å². The number of hydrogen-bond acceptors (Lipinski definition) is 7. The summed E-state index contributed by atoms with van der Waals surface area (Å²) in [5.74, 6) is 0. The third-order valence-corrected chi connectivity index (χ3v) is 5.53. The van der Waals surface area contributed by atoms with E-state index in [2.05, 4.69) is 0 Å². The van der Waals surface area contributed by atoms with E-state index in [0.717, 1.165) is 6.26 Å². The van der Waals surface area contributed by atoms with Crippen molar-refractivity contribution >= 4 is 46.8 Å². The fourth-order valence-electron chi connectivity index (χ4n) is 1.07. The van der Waals surface area contributed by atoms with Crippen molar-refractivity contribution < 1.29 is 21.8 Å². The smallest absolute Gasteiger partial charge is 0.258 e. The Morgan fingerprint density at radius 1 is 1.44 bits per heavy atom. The van der Waals surface area contributed by atoms with Crippen LogP contribution in [0.5, 0.6) is 0 Å². The number of nitrogens with zero attached hydrogens (tertiary/aromatic N) is 1. The highest BCUT2D eigenvalue weighted by Crippen LogP contribution is 2.36. The molecule has 0 unspecified atom stereocenters. The molecule has 0 aromatic carbocycles. The molecule has 0 spiro atoms. The minimum absolute atomic E-state index is 0.0605. The Morgan fingerprint density at radius 3 is 2.39 bits per heavy atom. The lowest BCUT2D eigenvalue weighted by Crippen LogP contribution is -2.21. The molecule has 0 radical (unpaired) electrons. The molecule has 0 atom stereocenters. The first-order chi connectivity index (χ1) is 8.02. The molecule has 0 bridgehead atoms. The van der Waals surface area contributed by atoms with Gasteiger partial charge in [-0.3, -0.25) is 10.1 Å². The summed E-state index contributed by atoms with van der Waals surface area (Å²) in [6.07, 6.45) is 0.879. The SMILES string of the molecule is CS(=O)(=O)NCc1csc(S(=O)(=O)Cl)c1[N+](=O)[O-]. The lowest BCUT2D eigenvalue weighted by Gasteiger charge is -2.00. The highest BCUT2D eigenvalue weighted by Gasteiger charge is 2.30. The van der Waals surface area contributed by atoms with Gasteiger partial charge in [-0.2, -0.15) is 0 Å². The summed E-state index contributed by atoms with van der Waals surface area (Å²) in [6.45, 7) is -0.377. The molecule has 1 rings (SSSR count). The van der Waals surface area contributed by atoms with E-state index in [1.54, 1.807) is 0 Å². The van der Waals surface area contributed by atoms with Crippen LogP contribution in [0.2, 0.25) is 0 Å². The first kappa shape index (κ1) is 15.3. The minimum atomic E-state index is -4.24. The van der Waals surface area contributed by atoms with Crippen molar-refractivity contribution in [2.24, 2.45) is 0 Å². The van der Waals surface area contributed by atoms with Crippen LogP contribution in [0.3, 0.4) is 0 Å². The number of nitrogens with one attached hydrogen (secondary N) is 1. The van der Waals surface area contributed by atoms with Gasteiger partial charge in [0.15, 0.2) is 0 Å². The summed E-state index contributed by atoms with van der Waals surface area (Å²) >= 11 is 0.566. The molecule has 0 saturated carbocycles. The molecule has 1 aromatic rings. The lowest BCUT2D eigenvalue weighted by atomic mass is 10.3. The number of hydrogen-bond donors (Lipinski definition) is 1. The van der Waals surface area contributed by atoms with Gasteiger partial charge in [0.1, 0.15) is 0 Å². The normalized spacial score (nSPS) is 12.6. The third-order valence-electron chi connectivity index (χ3n) is 1.73. The average molecular weight is 335 g/mol. The zero-order valence-corrected chi connectivity index (χ0v) is 12.0. The van der Waals surface area contributed by atoms with E-state index < -0.39 is 33.9 Å². The Hall–Kier alpha value is -0.750. The van der Waals surface area contributed by atoms with Gasteiger partial charge in [-0.05, 0) is 0 Å². The van der Waals surface area contributed by atoms with Crippen molar-refractivity contribution in [3.63, 3.8) is 0 Å². The van der Waals surface area contributed by atoms with E-state index in [1.165, 1.54) is 5.38 Å². The maximum Gasteiger partial charge on any atom is 0.304 e. The Balaban J connectivity index is 3.23. The van der Waals surface area contributed by atoms with E-state index in [0.29, 0.717) is 11.3 Å². The van der Waals surface area contributed by atoms with Crippen LogP contribution in [0.1, 0.15) is 5.56 Å². The summed E-state index contributed by atoms with van der Waals surface area (Å²) in [4.78, 5) is 9.88. The van der Waals surface area contributed by atoms with E-state index >= 15 is 0 Å². The number of nitro groups is 1. The fourth-order valence-corrected chi connectivity index (χ4v) is 3.83. The second kappa shape index (κ2) is 5.09. The molecule has 8 nitrogen and oxygen atoms in total. The first-order valence-corrected chi connectivity index (χ1v) is 9.24. The lowest BCUT2D eigenvalue weighted by molar-refractivity contribution is -0.387. The van der Waals surface area contributed by atoms with Crippen LogP contribution in [0.4, 0.5) is 5.69 Å². The van der Waals surface area contributed by atoms with Crippen molar-refractivity contribution in [2.45, 2.75) is 10.8 Å². The van der Waals surface area contributed by atoms with Gasteiger partial charge in [-0.25, -0.2) is 21.6 Å². The van der Waals surface area contributed by atoms with Gasteiger partial charge in [0.2, 0.25) is 14.2 Å². The van der Waals surface area contributed by atoms with E-state index in [4.69, 9.17) is 10.7 Å². The van der Waals surface area contributed by atoms with Gasteiger partial charge in [0.05, 0.1) is 16.7 Å². The number of sulfonamides is 1. The number of thiophene rings is 1. The standard InChI is InChI=1S/C6H7ClN2O6S3/c1-17(12,13)8-2-4-3-16-6(18(7,14)15)5(4)9(10)11/h3,8H,2H2,1H3. The van der Waals surface area contributed by atoms with E-state index in [1.807, 2.05) is 4.72 Å². The highest BCUT2D eigenvalue weighted by molar-refractivity contribution is 8.15. The number of halogens is 1. The van der Waals surface area contributed by atoms with Crippen LogP contribution in [0, 0.1) is 10.1 Å². The molecular weight excluding hydrogens is 328 g/mol. The van der Waals surface area contributed by atoms with Gasteiger partial charge < -0.3 is 0 Å². The van der Waals surface area contributed by atoms with Crippen molar-refractivity contribution in [1.29, 1.82) is 0 Å². The maximum absolute atomic E-state index is 11.1. The van der Waals surface area contributed by atoms with Crippen LogP contribution in [-0.4, -0.2) is 28.0 Å². The fraction of sp³-hybridized carbons (Fsp3) is 0.333. The average Bonchev–Trinajstić information content (AvgIpc) is 2.55. The Bertz CT molecular complexity index is 676. The number of rotatable bonds is 5. The first-order valence-electron chi connectivity index (χ1n) is 4.16. The molecule has 0 fully saturated rings. The van der Waals surface area contributed by atoms with Crippen LogP contribution in [-0.2, 0) is 25.6 Å². The summed E-state index contributed by atoms with van der Waals surface area (Å²) in [6, 6.07) is 0. The highest BCUT2D eigenvalue weighted by atomic mass is 35.7. The molecule has 0 amide bonds. The van der Waals surface area contributed by atoms with Gasteiger partial charge in [-0.15, -0.1) is 11.3 Å². The Morgan fingerprint density at radius 2 is 2.00 bits per heavy atom. The Labute approximate surface area is 111 Å². The molecule has 0 saturated heterocycles. The van der Waals surface area contributed by atoms with Crippen molar-refractivity contribution in [1.82, 2.24) is 4.72 Å². The molecule has 102 valence electrons. The predicted octanol–water partition coefficient (Wildman–Crippen LogP) is 0.633. The zero-order valence-electron chi connectivity index (χ0n) is 8.78. The second-order valence-electron chi connectivity index (χ2n) is 3.19. The van der Waals surface area contributed by atoms with Gasteiger partial charge >= 0.3 is 5.69 Å². The summed E-state index contributed by atoms with van der Waals surface area (Å²) < 4.78 is 45.4. The predicted molar refractivity (Wildman–Crippen MR) is 65.7 cm³/mol. The quantitative estimate of drug-likeness (QED) is 0.478. The molecule has 0 aliphatic rings. The van der Waals surface area contributed by atoms with Crippen molar-refractivity contribution in [3.8, 4) is 0 Å². The molecule has 1 aromatic heterocycles. The topological polar surface area (TPSA) is 123 Å². The van der Waals surface area contributed by atoms with Crippen LogP contribution in [0.15, 0.2) is 9.59 Å². The summed E-state index contributed by atoms with van der Waals surface area (Å²) in [5.41, 5.74) is -0.763. The molecule has 18 heavy (non-hydrogen) atoms. The molecular formula is C6H7ClN2O6S3. The van der Waals surface area contributed by atoms with Crippen molar-refractivity contribution in [3.05, 3.63) is 21.1 Å². The molecule has 1 heterocycles. The van der Waals surface area contributed by atoms with Crippen LogP contribution >= 0.6 is 22.0 Å². The van der Waals surface area contributed by atoms with Crippen molar-refractivity contribution in [2.75, 3.05) is 6.26 Å². The summed E-state index contributed by atoms with van der Waals surface area (Å²) in [7, 11) is -2.73. The largest absolute Gasteiger partial charge is 0.304 e. The maximum atomic E-state index is 11.1. The van der Waals surface area contributed by atoms with Gasteiger partial charge in [0.25, 0.3) is 9.05 Å². The molecule has 12 heteroatoms. The van der Waals surface area contributed by atoms with Crippen LogP contribution < -0.4 is 4.72 Å². The summed E-state index contributed by atoms with van der Waals surface area (Å²) in [5, 5.41) is 12.0. The van der Waals surface area contributed by atoms with Crippen LogP contribution in [0.25, 0.3) is 0 Å². The molecule has 1 N–H and O–H groups in total. The zero-order chi connectivity index (χ0) is 14.1. The van der Waals surface area contributed by atoms with Gasteiger partial charge in [0, 0.05) is 22.6 Å². The van der Waals surface area contributed by atoms with E-state index in [9.17, 15) is 26.9 Å². The molecule has 0 aliphatic carbocycles. The second-order valence-corrected chi connectivity index (χ2v) is 8.66.